The van der Waals surface area contributed by atoms with Crippen LogP contribution in [0.25, 0.3) is 21.5 Å². The average molecular weight is 988 g/mol. The molecule has 0 fully saturated rings. The van der Waals surface area contributed by atoms with Gasteiger partial charge in [0.1, 0.15) is 0 Å². The summed E-state index contributed by atoms with van der Waals surface area (Å²) in [6, 6.07) is 79.2. The van der Waals surface area contributed by atoms with Crippen molar-refractivity contribution < 1.29 is 5.11 Å². The second-order valence-corrected chi connectivity index (χ2v) is 18.8. The van der Waals surface area contributed by atoms with Crippen LogP contribution in [-0.4, -0.2) is 5.11 Å². The second-order valence-electron chi connectivity index (χ2n) is 18.3. The molecule has 10 aromatic rings. The van der Waals surface area contributed by atoms with Gasteiger partial charge in [-0.1, -0.05) is 289 Å². The van der Waals surface area contributed by atoms with Crippen molar-refractivity contribution in [3.05, 3.63) is 308 Å². The molecule has 10 rings (SSSR count). The molecule has 0 bridgehead atoms. The number of benzene rings is 10. The topological polar surface area (TPSA) is 20.2 Å². The van der Waals surface area contributed by atoms with Crippen LogP contribution in [0.3, 0.4) is 0 Å². The highest BCUT2D eigenvalue weighted by atomic mass is 35.5. The Morgan fingerprint density at radius 3 is 1.18 bits per heavy atom. The smallest absolute Gasteiger partial charge is 0.0681 e. The van der Waals surface area contributed by atoms with Crippen LogP contribution in [0.5, 0.6) is 0 Å². The highest BCUT2D eigenvalue weighted by Crippen LogP contribution is 2.17. The minimum atomic E-state index is 0. The molecule has 0 radical (unpaired) electrons. The molecular formula is C71H83ClO. The van der Waals surface area contributed by atoms with Gasteiger partial charge in [-0.05, 0) is 144 Å². The highest BCUT2D eigenvalue weighted by molar-refractivity contribution is 6.30. The van der Waals surface area contributed by atoms with Crippen LogP contribution in [0.2, 0.25) is 5.02 Å². The molecule has 0 amide bonds. The Kier molecular flexibility index (Phi) is 29.9. The molecule has 0 atom stereocenters. The molecule has 1 nitrogen and oxygen atoms in total. The maximum absolute atomic E-state index is 8.66. The first kappa shape index (κ1) is 62.1. The minimum absolute atomic E-state index is 0. The Hall–Kier alpha value is -7.03. The molecule has 0 unspecified atom stereocenters. The Bertz CT molecular complexity index is 2930. The summed E-state index contributed by atoms with van der Waals surface area (Å²) in [7, 11) is 0. The fourth-order valence-corrected chi connectivity index (χ4v) is 7.05. The molecule has 73 heavy (non-hydrogen) atoms. The van der Waals surface area contributed by atoms with Crippen molar-refractivity contribution in [2.75, 3.05) is 0 Å². The lowest BCUT2D eigenvalue weighted by molar-refractivity contribution is 0.282. The molecule has 0 saturated carbocycles. The molecule has 2 heteroatoms. The zero-order valence-electron chi connectivity index (χ0n) is 45.2. The zero-order valence-corrected chi connectivity index (χ0v) is 45.9. The molecule has 0 aliphatic rings. The molecular weight excluding hydrogens is 904 g/mol. The van der Waals surface area contributed by atoms with Crippen LogP contribution in [-0.2, 0) is 13.0 Å². The lowest BCUT2D eigenvalue weighted by Crippen LogP contribution is -1.81. The predicted molar refractivity (Wildman–Crippen MR) is 326 cm³/mol. The molecule has 0 saturated heterocycles. The van der Waals surface area contributed by atoms with E-state index in [1.807, 2.05) is 80.6 Å². The SMILES string of the molecule is C.CCc1ccc(C)cc1.Cc1ccc(C)c(C)c1.Cc1ccc(C)cc1.Cc1ccc(Cl)cc1.Cc1ccc2ccccc2c1.Cc1cccc(CO)c1.Cc1cccc2ccccc12.Cc1ccccc1. The predicted octanol–water partition coefficient (Wildman–Crippen LogP) is 20.5. The van der Waals surface area contributed by atoms with E-state index < -0.39 is 0 Å². The van der Waals surface area contributed by atoms with Gasteiger partial charge in [0.25, 0.3) is 0 Å². The van der Waals surface area contributed by atoms with Crippen LogP contribution in [0.1, 0.15) is 86.7 Å². The first-order chi connectivity index (χ1) is 34.6. The summed E-state index contributed by atoms with van der Waals surface area (Å²) >= 11 is 5.61. The lowest BCUT2D eigenvalue weighted by atomic mass is 10.1. The summed E-state index contributed by atoms with van der Waals surface area (Å²) in [5, 5.41) is 14.8. The highest BCUT2D eigenvalue weighted by Gasteiger charge is 1.93. The van der Waals surface area contributed by atoms with E-state index in [1.54, 1.807) is 0 Å². The number of hydrogen-bond acceptors (Lipinski definition) is 1. The second kappa shape index (κ2) is 35.2. The first-order valence-corrected chi connectivity index (χ1v) is 25.4. The quantitative estimate of drug-likeness (QED) is 0.183. The van der Waals surface area contributed by atoms with Crippen molar-refractivity contribution in [1.29, 1.82) is 0 Å². The molecule has 380 valence electrons. The summed E-state index contributed by atoms with van der Waals surface area (Å²) in [4.78, 5) is 0. The van der Waals surface area contributed by atoms with E-state index in [2.05, 4.69) is 233 Å². The van der Waals surface area contributed by atoms with E-state index in [1.165, 1.54) is 88.3 Å². The van der Waals surface area contributed by atoms with Gasteiger partial charge in [0.2, 0.25) is 0 Å². The summed E-state index contributed by atoms with van der Waals surface area (Å²) < 4.78 is 0. The summed E-state index contributed by atoms with van der Waals surface area (Å²) in [6.07, 6.45) is 1.14. The number of fused-ring (bicyclic) bond motifs is 2. The van der Waals surface area contributed by atoms with Gasteiger partial charge in [-0.25, -0.2) is 0 Å². The maximum atomic E-state index is 8.66. The molecule has 0 spiro atoms. The van der Waals surface area contributed by atoms with E-state index in [9.17, 15) is 0 Å². The van der Waals surface area contributed by atoms with Gasteiger partial charge in [0.15, 0.2) is 0 Å². The standard InChI is InChI=1S/2C11H10.2C9H12.C8H10O.C8H10.C7H7Cl.C7H8.CH4/c1-9-5-4-7-10-6-2-3-8-11(9)10;1-9-6-7-10-4-2-3-5-11(10)8-9;1-7-4-5-8(2)9(3)6-7;1-3-9-6-4-8(2)5-7-9;1-7-3-2-4-8(5-7)6-9;1-7-3-5-8(2)6-4-7;1-6-2-4-7(8)5-3-6;1-7-5-3-2-4-6-7;/h2*2-8H,1H3;4-6H,1-3H3;4-7H,3H2,1-2H3;2-5,9H,6H2,1H3;3-6H,1-2H3;2-5H,1H3;2-6H,1H3;1H4. The molecule has 1 N–H and O–H groups in total. The van der Waals surface area contributed by atoms with Crippen molar-refractivity contribution in [2.45, 2.75) is 104 Å². The third-order valence-electron chi connectivity index (χ3n) is 11.5. The third-order valence-corrected chi connectivity index (χ3v) is 11.8. The van der Waals surface area contributed by atoms with Gasteiger partial charge in [-0.2, -0.15) is 0 Å². The van der Waals surface area contributed by atoms with Crippen LogP contribution in [0.4, 0.5) is 0 Å². The molecule has 0 aromatic heterocycles. The van der Waals surface area contributed by atoms with E-state index in [-0.39, 0.29) is 14.0 Å². The Balaban J connectivity index is 0.000000286. The van der Waals surface area contributed by atoms with Crippen LogP contribution in [0, 0.1) is 76.2 Å². The van der Waals surface area contributed by atoms with Gasteiger partial charge in [0.05, 0.1) is 6.61 Å². The molecule has 0 aliphatic carbocycles. The molecule has 0 heterocycles. The summed E-state index contributed by atoms with van der Waals surface area (Å²) in [5.74, 6) is 0. The minimum Gasteiger partial charge on any atom is -0.392 e. The Labute approximate surface area is 447 Å². The van der Waals surface area contributed by atoms with E-state index >= 15 is 0 Å². The Morgan fingerprint density at radius 1 is 0.301 bits per heavy atom. The van der Waals surface area contributed by atoms with Gasteiger partial charge in [0, 0.05) is 5.02 Å². The number of rotatable bonds is 2. The molecule has 0 aliphatic heterocycles. The van der Waals surface area contributed by atoms with Crippen molar-refractivity contribution in [3.8, 4) is 0 Å². The van der Waals surface area contributed by atoms with Crippen LogP contribution < -0.4 is 0 Å². The first-order valence-electron chi connectivity index (χ1n) is 25.0. The fraction of sp³-hybridized carbons (Fsp3) is 0.211. The van der Waals surface area contributed by atoms with Crippen molar-refractivity contribution >= 4 is 33.1 Å². The van der Waals surface area contributed by atoms with Crippen molar-refractivity contribution in [1.82, 2.24) is 0 Å². The number of aryl methyl sites for hydroxylation is 12. The lowest BCUT2D eigenvalue weighted by Gasteiger charge is -1.98. The Morgan fingerprint density at radius 2 is 0.712 bits per heavy atom. The van der Waals surface area contributed by atoms with Gasteiger partial charge in [-0.15, -0.1) is 0 Å². The van der Waals surface area contributed by atoms with Gasteiger partial charge in [-0.3, -0.25) is 0 Å². The zero-order chi connectivity index (χ0) is 52.7. The van der Waals surface area contributed by atoms with Crippen molar-refractivity contribution in [3.63, 3.8) is 0 Å². The van der Waals surface area contributed by atoms with E-state index in [0.717, 1.165) is 17.0 Å². The van der Waals surface area contributed by atoms with Crippen LogP contribution in [0.15, 0.2) is 231 Å². The number of aliphatic hydroxyl groups excluding tert-OH is 1. The van der Waals surface area contributed by atoms with Crippen LogP contribution >= 0.6 is 11.6 Å². The van der Waals surface area contributed by atoms with Crippen molar-refractivity contribution in [2.24, 2.45) is 0 Å². The van der Waals surface area contributed by atoms with Gasteiger partial charge < -0.3 is 5.11 Å². The number of hydrogen-bond donors (Lipinski definition) is 1. The average Bonchev–Trinajstić information content (AvgIpc) is 3.39. The van der Waals surface area contributed by atoms with Gasteiger partial charge >= 0.3 is 0 Å². The monoisotopic (exact) mass is 987 g/mol. The largest absolute Gasteiger partial charge is 0.392 e. The maximum Gasteiger partial charge on any atom is 0.0681 e. The fourth-order valence-electron chi connectivity index (χ4n) is 6.93. The summed E-state index contributed by atoms with van der Waals surface area (Å²) in [5.41, 5.74) is 16.9. The number of halogens is 1. The normalized spacial score (nSPS) is 9.51. The number of aliphatic hydroxyl groups is 1. The van der Waals surface area contributed by atoms with E-state index in [4.69, 9.17) is 16.7 Å². The molecule has 10 aromatic carbocycles. The third kappa shape index (κ3) is 26.3. The summed E-state index contributed by atoms with van der Waals surface area (Å²) in [6.45, 7) is 25.4. The van der Waals surface area contributed by atoms with E-state index in [0.29, 0.717) is 0 Å².